The van der Waals surface area contributed by atoms with E-state index in [1.165, 1.54) is 0 Å². The van der Waals surface area contributed by atoms with Crippen LogP contribution in [-0.2, 0) is 9.59 Å². The molecule has 1 amide bonds. The highest BCUT2D eigenvalue weighted by molar-refractivity contribution is 5.88. The quantitative estimate of drug-likeness (QED) is 0.679. The van der Waals surface area contributed by atoms with Gasteiger partial charge in [0.15, 0.2) is 0 Å². The van der Waals surface area contributed by atoms with Crippen molar-refractivity contribution < 1.29 is 14.7 Å². The third-order valence-electron chi connectivity index (χ3n) is 8.60. The third-order valence-corrected chi connectivity index (χ3v) is 8.60. The van der Waals surface area contributed by atoms with E-state index in [1.807, 2.05) is 17.1 Å². The maximum Gasteiger partial charge on any atom is 0.321 e. The molecule has 0 aromatic rings. The summed E-state index contributed by atoms with van der Waals surface area (Å²) in [5, 5.41) is 10.6. The summed E-state index contributed by atoms with van der Waals surface area (Å²) >= 11 is 0. The fraction of sp³-hybridized carbons (Fsp3) is 0.778. The number of carbonyl (C=O) groups is 2. The van der Waals surface area contributed by atoms with Crippen molar-refractivity contribution in [2.75, 3.05) is 13.6 Å². The van der Waals surface area contributed by atoms with Gasteiger partial charge in [0.1, 0.15) is 6.04 Å². The summed E-state index contributed by atoms with van der Waals surface area (Å²) < 4.78 is 0. The van der Waals surface area contributed by atoms with E-state index in [0.29, 0.717) is 6.54 Å². The monoisotopic (exact) mass is 459 g/mol. The second-order valence-electron chi connectivity index (χ2n) is 13.0. The Kier molecular flexibility index (Phi) is 6.71. The molecular formula is C27H45N3O3. The Morgan fingerprint density at radius 1 is 0.909 bits per heavy atom. The van der Waals surface area contributed by atoms with Crippen LogP contribution in [0.4, 0.5) is 0 Å². The van der Waals surface area contributed by atoms with Gasteiger partial charge in [-0.3, -0.25) is 19.4 Å². The minimum Gasteiger partial charge on any atom is -0.480 e. The Hall–Kier alpha value is -1.66. The number of piperidine rings is 2. The number of carboxylic acid groups (broad SMARTS) is 1. The standard InChI is InChI=1S/C27H45N3O3/c1-24(2)15-19(16-25(3,4)28(24)9)22(23(32)33)30-26(5,6)17-20(18-27(30,7)8)29-14-12-10-11-13-21(29)31/h10-13,19-20,22H,14-18H2,1-9H3,(H,32,33). The molecule has 1 atom stereocenters. The number of carbonyl (C=O) groups excluding carboxylic acids is 1. The molecule has 186 valence electrons. The molecule has 3 rings (SSSR count). The van der Waals surface area contributed by atoms with E-state index < -0.39 is 12.0 Å². The molecule has 0 spiro atoms. The van der Waals surface area contributed by atoms with Gasteiger partial charge in [-0.15, -0.1) is 0 Å². The van der Waals surface area contributed by atoms with Crippen molar-refractivity contribution in [3.8, 4) is 0 Å². The summed E-state index contributed by atoms with van der Waals surface area (Å²) in [5.41, 5.74) is -0.895. The lowest BCUT2D eigenvalue weighted by molar-refractivity contribution is -0.171. The normalized spacial score (nSPS) is 29.1. The van der Waals surface area contributed by atoms with Crippen molar-refractivity contribution in [2.24, 2.45) is 5.92 Å². The first-order valence-corrected chi connectivity index (χ1v) is 12.4. The minimum absolute atomic E-state index is 0.0404. The maximum atomic E-state index is 12.9. The molecule has 3 heterocycles. The maximum absolute atomic E-state index is 12.9. The largest absolute Gasteiger partial charge is 0.480 e. The molecule has 0 aromatic heterocycles. The van der Waals surface area contributed by atoms with Gasteiger partial charge in [0.2, 0.25) is 5.91 Å². The van der Waals surface area contributed by atoms with E-state index in [1.54, 1.807) is 12.2 Å². The first-order chi connectivity index (χ1) is 15.0. The molecule has 33 heavy (non-hydrogen) atoms. The van der Waals surface area contributed by atoms with Crippen molar-refractivity contribution in [3.05, 3.63) is 24.3 Å². The number of hydrogen-bond donors (Lipinski definition) is 1. The number of nitrogens with zero attached hydrogens (tertiary/aromatic N) is 3. The zero-order chi connectivity index (χ0) is 25.0. The van der Waals surface area contributed by atoms with Crippen LogP contribution in [0.5, 0.6) is 0 Å². The van der Waals surface area contributed by atoms with Gasteiger partial charge in [-0.05, 0) is 94.0 Å². The van der Waals surface area contributed by atoms with Crippen molar-refractivity contribution >= 4 is 11.9 Å². The smallest absolute Gasteiger partial charge is 0.321 e. The molecule has 0 aliphatic carbocycles. The predicted octanol–water partition coefficient (Wildman–Crippen LogP) is 4.31. The number of likely N-dealkylation sites (tertiary alicyclic amines) is 2. The highest BCUT2D eigenvalue weighted by Crippen LogP contribution is 2.48. The van der Waals surface area contributed by atoms with Crippen LogP contribution in [0.25, 0.3) is 0 Å². The van der Waals surface area contributed by atoms with E-state index in [2.05, 4.69) is 72.2 Å². The SMILES string of the molecule is CN1C(C)(C)CC(C(C(=O)O)N2C(C)(C)CC(N3CC=CC=CC3=O)CC2(C)C)CC1(C)C. The molecule has 3 aliphatic heterocycles. The van der Waals surface area contributed by atoms with Gasteiger partial charge in [-0.1, -0.05) is 18.2 Å². The number of rotatable bonds is 4. The second kappa shape index (κ2) is 8.53. The Balaban J connectivity index is 1.96. The Morgan fingerprint density at radius 2 is 1.42 bits per heavy atom. The zero-order valence-electron chi connectivity index (χ0n) is 22.2. The van der Waals surface area contributed by atoms with Crippen LogP contribution >= 0.6 is 0 Å². The summed E-state index contributed by atoms with van der Waals surface area (Å²) in [4.78, 5) is 32.3. The molecule has 1 unspecified atom stereocenters. The van der Waals surface area contributed by atoms with Gasteiger partial charge in [-0.25, -0.2) is 0 Å². The fourth-order valence-electron chi connectivity index (χ4n) is 7.32. The van der Waals surface area contributed by atoms with Gasteiger partial charge >= 0.3 is 5.97 Å². The van der Waals surface area contributed by atoms with E-state index in [0.717, 1.165) is 25.7 Å². The highest BCUT2D eigenvalue weighted by Gasteiger charge is 2.56. The lowest BCUT2D eigenvalue weighted by Crippen LogP contribution is -2.71. The summed E-state index contributed by atoms with van der Waals surface area (Å²) in [6.07, 6.45) is 10.6. The van der Waals surface area contributed by atoms with Crippen LogP contribution in [-0.4, -0.2) is 79.5 Å². The van der Waals surface area contributed by atoms with E-state index >= 15 is 0 Å². The topological polar surface area (TPSA) is 64.1 Å². The van der Waals surface area contributed by atoms with Gasteiger partial charge in [-0.2, -0.15) is 0 Å². The third kappa shape index (κ3) is 4.93. The van der Waals surface area contributed by atoms with E-state index in [4.69, 9.17) is 0 Å². The van der Waals surface area contributed by atoms with Gasteiger partial charge in [0.25, 0.3) is 0 Å². The molecule has 0 bridgehead atoms. The first-order valence-electron chi connectivity index (χ1n) is 12.4. The molecule has 6 heteroatoms. The Labute approximate surface area is 200 Å². The molecule has 0 aromatic carbocycles. The summed E-state index contributed by atoms with van der Waals surface area (Å²) in [7, 11) is 2.16. The molecule has 2 saturated heterocycles. The fourth-order valence-corrected chi connectivity index (χ4v) is 7.32. The van der Waals surface area contributed by atoms with Crippen LogP contribution in [0.15, 0.2) is 24.3 Å². The number of hydrogen-bond acceptors (Lipinski definition) is 4. The van der Waals surface area contributed by atoms with Crippen LogP contribution in [0, 0.1) is 5.92 Å². The van der Waals surface area contributed by atoms with E-state index in [9.17, 15) is 14.7 Å². The van der Waals surface area contributed by atoms with Crippen molar-refractivity contribution in [1.82, 2.24) is 14.7 Å². The number of carboxylic acids is 1. The Morgan fingerprint density at radius 3 is 1.91 bits per heavy atom. The molecule has 0 saturated carbocycles. The molecule has 1 N–H and O–H groups in total. The van der Waals surface area contributed by atoms with Crippen LogP contribution < -0.4 is 0 Å². The summed E-state index contributed by atoms with van der Waals surface area (Å²) in [6, 6.07) is -0.492. The molecule has 6 nitrogen and oxygen atoms in total. The van der Waals surface area contributed by atoms with Gasteiger partial charge in [0, 0.05) is 40.8 Å². The lowest BCUT2D eigenvalue weighted by Gasteiger charge is -2.62. The molecule has 0 radical (unpaired) electrons. The second-order valence-corrected chi connectivity index (χ2v) is 13.0. The molecule has 3 aliphatic rings. The minimum atomic E-state index is -0.729. The molecular weight excluding hydrogens is 414 g/mol. The highest BCUT2D eigenvalue weighted by atomic mass is 16.4. The van der Waals surface area contributed by atoms with Gasteiger partial charge < -0.3 is 10.0 Å². The number of amides is 1. The summed E-state index contributed by atoms with van der Waals surface area (Å²) in [6.45, 7) is 18.2. The molecule has 2 fully saturated rings. The predicted molar refractivity (Wildman–Crippen MR) is 133 cm³/mol. The number of allylic oxidation sites excluding steroid dienone is 2. The van der Waals surface area contributed by atoms with Crippen molar-refractivity contribution in [1.29, 1.82) is 0 Å². The lowest BCUT2D eigenvalue weighted by atomic mass is 9.68. The Bertz CT molecular complexity index is 804. The summed E-state index contributed by atoms with van der Waals surface area (Å²) in [5.74, 6) is -0.643. The number of aliphatic carboxylic acids is 1. The van der Waals surface area contributed by atoms with Crippen molar-refractivity contribution in [3.63, 3.8) is 0 Å². The van der Waals surface area contributed by atoms with Gasteiger partial charge in [0.05, 0.1) is 0 Å². The average Bonchev–Trinajstić information content (AvgIpc) is 2.85. The van der Waals surface area contributed by atoms with Crippen LogP contribution in [0.2, 0.25) is 0 Å². The van der Waals surface area contributed by atoms with Crippen LogP contribution in [0.1, 0.15) is 81.1 Å². The van der Waals surface area contributed by atoms with Crippen LogP contribution in [0.3, 0.4) is 0 Å². The first kappa shape index (κ1) is 26.0. The van der Waals surface area contributed by atoms with E-state index in [-0.39, 0.29) is 40.0 Å². The zero-order valence-corrected chi connectivity index (χ0v) is 22.2. The van der Waals surface area contributed by atoms with Crippen molar-refractivity contribution in [2.45, 2.75) is 115 Å². The average molecular weight is 460 g/mol.